The summed E-state index contributed by atoms with van der Waals surface area (Å²) < 4.78 is 2.06. The smallest absolute Gasteiger partial charge is 0.138 e. The molecular weight excluding hydrogens is 268 g/mol. The second kappa shape index (κ2) is 8.03. The quantitative estimate of drug-likeness (QED) is 0.840. The number of nitrogens with zero attached hydrogens (tertiary/aromatic N) is 3. The van der Waals surface area contributed by atoms with Crippen molar-refractivity contribution in [2.45, 2.75) is 58.5 Å². The van der Waals surface area contributed by atoms with Gasteiger partial charge in [0.25, 0.3) is 0 Å². The van der Waals surface area contributed by atoms with Crippen LogP contribution in [0.25, 0.3) is 0 Å². The number of thioether (sulfide) groups is 1. The Labute approximate surface area is 127 Å². The van der Waals surface area contributed by atoms with Gasteiger partial charge in [-0.1, -0.05) is 6.92 Å². The number of aromatic nitrogens is 3. The molecule has 0 bridgehead atoms. The Morgan fingerprint density at radius 1 is 1.40 bits per heavy atom. The highest BCUT2D eigenvalue weighted by molar-refractivity contribution is 7.99. The number of nitrogens with one attached hydrogen (secondary N) is 1. The largest absolute Gasteiger partial charge is 0.314 e. The first kappa shape index (κ1) is 15.8. The molecule has 2 rings (SSSR count). The van der Waals surface area contributed by atoms with Crippen molar-refractivity contribution >= 4 is 11.8 Å². The van der Waals surface area contributed by atoms with Crippen LogP contribution in [-0.4, -0.2) is 38.9 Å². The van der Waals surface area contributed by atoms with Gasteiger partial charge in [0.1, 0.15) is 12.2 Å². The molecule has 1 saturated heterocycles. The summed E-state index contributed by atoms with van der Waals surface area (Å²) in [6.45, 7) is 7.55. The van der Waals surface area contributed by atoms with Crippen LogP contribution in [0.2, 0.25) is 0 Å². The molecule has 4 nitrogen and oxygen atoms in total. The van der Waals surface area contributed by atoms with Crippen molar-refractivity contribution in [1.82, 2.24) is 20.1 Å². The lowest BCUT2D eigenvalue weighted by atomic mass is 9.92. The van der Waals surface area contributed by atoms with Gasteiger partial charge in [-0.2, -0.15) is 16.9 Å². The van der Waals surface area contributed by atoms with Gasteiger partial charge in [0.2, 0.25) is 0 Å². The number of hydrogen-bond donors (Lipinski definition) is 1. The van der Waals surface area contributed by atoms with E-state index in [-0.39, 0.29) is 0 Å². The molecule has 1 aromatic rings. The first-order valence-corrected chi connectivity index (χ1v) is 9.05. The lowest BCUT2D eigenvalue weighted by Gasteiger charge is -2.27. The first-order chi connectivity index (χ1) is 9.70. The third-order valence-electron chi connectivity index (χ3n) is 4.02. The zero-order chi connectivity index (χ0) is 14.4. The minimum atomic E-state index is 0.390. The summed E-state index contributed by atoms with van der Waals surface area (Å²) in [6, 6.07) is 0.927. The fraction of sp³-hybridized carbons (Fsp3) is 0.867. The van der Waals surface area contributed by atoms with Gasteiger partial charge in [0, 0.05) is 18.5 Å². The summed E-state index contributed by atoms with van der Waals surface area (Å²) in [5.41, 5.74) is 0. The summed E-state index contributed by atoms with van der Waals surface area (Å²) in [5.74, 6) is 4.68. The normalized spacial score (nSPS) is 18.6. The highest BCUT2D eigenvalue weighted by atomic mass is 32.2. The van der Waals surface area contributed by atoms with E-state index >= 15 is 0 Å². The number of likely N-dealkylation sites (N-methyl/N-ethyl adjacent to an activating group) is 1. The molecule has 0 aliphatic carbocycles. The van der Waals surface area contributed by atoms with Gasteiger partial charge in [0.05, 0.1) is 0 Å². The lowest BCUT2D eigenvalue weighted by molar-refractivity contribution is 0.356. The van der Waals surface area contributed by atoms with Gasteiger partial charge in [-0.05, 0) is 57.1 Å². The zero-order valence-electron chi connectivity index (χ0n) is 13.0. The van der Waals surface area contributed by atoms with Crippen LogP contribution in [0.1, 0.15) is 51.9 Å². The van der Waals surface area contributed by atoms with E-state index in [4.69, 9.17) is 0 Å². The maximum atomic E-state index is 4.46. The van der Waals surface area contributed by atoms with E-state index < -0.39 is 0 Å². The second-order valence-electron chi connectivity index (χ2n) is 5.96. The van der Waals surface area contributed by atoms with Crippen LogP contribution >= 0.6 is 11.8 Å². The average molecular weight is 296 g/mol. The molecule has 1 aromatic heterocycles. The Morgan fingerprint density at radius 3 is 2.80 bits per heavy atom. The zero-order valence-corrected chi connectivity index (χ0v) is 13.8. The molecule has 1 atom stereocenters. The predicted octanol–water partition coefficient (Wildman–Crippen LogP) is 2.91. The Bertz CT molecular complexity index is 385. The highest BCUT2D eigenvalue weighted by Gasteiger charge is 2.21. The molecule has 0 radical (unpaired) electrons. The van der Waals surface area contributed by atoms with Gasteiger partial charge >= 0.3 is 0 Å². The van der Waals surface area contributed by atoms with Crippen molar-refractivity contribution in [2.24, 2.45) is 5.92 Å². The molecule has 1 aliphatic heterocycles. The maximum absolute atomic E-state index is 4.46. The van der Waals surface area contributed by atoms with E-state index in [9.17, 15) is 0 Å². The summed E-state index contributed by atoms with van der Waals surface area (Å²) in [6.07, 6.45) is 6.72. The van der Waals surface area contributed by atoms with Crippen LogP contribution in [0.4, 0.5) is 0 Å². The molecule has 1 fully saturated rings. The highest BCUT2D eigenvalue weighted by Crippen LogP contribution is 2.27. The molecular formula is C15H28N4S. The summed E-state index contributed by atoms with van der Waals surface area (Å²) >= 11 is 2.10. The van der Waals surface area contributed by atoms with Crippen molar-refractivity contribution in [2.75, 3.05) is 18.1 Å². The third kappa shape index (κ3) is 4.48. The molecule has 20 heavy (non-hydrogen) atoms. The topological polar surface area (TPSA) is 42.7 Å². The van der Waals surface area contributed by atoms with Gasteiger partial charge in [-0.3, -0.25) is 0 Å². The van der Waals surface area contributed by atoms with E-state index in [1.165, 1.54) is 30.8 Å². The fourth-order valence-electron chi connectivity index (χ4n) is 2.98. The molecule has 0 aromatic carbocycles. The van der Waals surface area contributed by atoms with Crippen LogP contribution in [0.15, 0.2) is 6.33 Å². The molecule has 5 heteroatoms. The average Bonchev–Trinajstić information content (AvgIpc) is 2.88. The van der Waals surface area contributed by atoms with E-state index in [1.807, 2.05) is 0 Å². The Balaban J connectivity index is 1.95. The molecule has 1 N–H and O–H groups in total. The third-order valence-corrected chi connectivity index (χ3v) is 5.07. The van der Waals surface area contributed by atoms with Gasteiger partial charge in [-0.15, -0.1) is 0 Å². The fourth-order valence-corrected chi connectivity index (χ4v) is 4.19. The Kier molecular flexibility index (Phi) is 6.36. The van der Waals surface area contributed by atoms with Crippen LogP contribution in [0.5, 0.6) is 0 Å². The standard InChI is InChI=1S/C15H28N4S/c1-4-16-14(9-13-5-7-20-8-6-13)10-15-17-11-18-19(15)12(2)3/h11-14,16H,4-10H2,1-3H3. The second-order valence-corrected chi connectivity index (χ2v) is 7.19. The van der Waals surface area contributed by atoms with Crippen molar-refractivity contribution in [3.63, 3.8) is 0 Å². The summed E-state index contributed by atoms with van der Waals surface area (Å²) in [7, 11) is 0. The van der Waals surface area contributed by atoms with Crippen molar-refractivity contribution in [3.8, 4) is 0 Å². The molecule has 2 heterocycles. The Morgan fingerprint density at radius 2 is 2.15 bits per heavy atom. The van der Waals surface area contributed by atoms with E-state index in [1.54, 1.807) is 6.33 Å². The molecule has 1 aliphatic rings. The van der Waals surface area contributed by atoms with Crippen LogP contribution in [0.3, 0.4) is 0 Å². The predicted molar refractivity (Wildman–Crippen MR) is 86.2 cm³/mol. The van der Waals surface area contributed by atoms with Crippen molar-refractivity contribution in [1.29, 1.82) is 0 Å². The van der Waals surface area contributed by atoms with Crippen molar-refractivity contribution in [3.05, 3.63) is 12.2 Å². The van der Waals surface area contributed by atoms with E-state index in [0.29, 0.717) is 12.1 Å². The maximum Gasteiger partial charge on any atom is 0.138 e. The SMILES string of the molecule is CCNC(Cc1ncnn1C(C)C)CC1CCSCC1. The summed E-state index contributed by atoms with van der Waals surface area (Å²) in [4.78, 5) is 4.46. The minimum Gasteiger partial charge on any atom is -0.314 e. The molecule has 0 amide bonds. The molecule has 114 valence electrons. The minimum absolute atomic E-state index is 0.390. The van der Waals surface area contributed by atoms with Gasteiger partial charge in [-0.25, -0.2) is 9.67 Å². The van der Waals surface area contributed by atoms with E-state index in [0.717, 1.165) is 24.7 Å². The van der Waals surface area contributed by atoms with Crippen LogP contribution in [0, 0.1) is 5.92 Å². The van der Waals surface area contributed by atoms with Gasteiger partial charge in [0.15, 0.2) is 0 Å². The monoisotopic (exact) mass is 296 g/mol. The van der Waals surface area contributed by atoms with Crippen molar-refractivity contribution < 1.29 is 0 Å². The molecule has 0 saturated carbocycles. The molecule has 1 unspecified atom stereocenters. The summed E-state index contributed by atoms with van der Waals surface area (Å²) in [5, 5.41) is 8.00. The lowest BCUT2D eigenvalue weighted by Crippen LogP contribution is -2.35. The molecule has 0 spiro atoms. The van der Waals surface area contributed by atoms with Crippen LogP contribution < -0.4 is 5.32 Å². The number of rotatable bonds is 7. The van der Waals surface area contributed by atoms with Gasteiger partial charge < -0.3 is 5.32 Å². The van der Waals surface area contributed by atoms with E-state index in [2.05, 4.69) is 52.6 Å². The van der Waals surface area contributed by atoms with Crippen LogP contribution in [-0.2, 0) is 6.42 Å². The number of hydrogen-bond acceptors (Lipinski definition) is 4. The Hall–Kier alpha value is -0.550. The first-order valence-electron chi connectivity index (χ1n) is 7.90.